The number of thioether (sulfide) groups is 1. The summed E-state index contributed by atoms with van der Waals surface area (Å²) in [6, 6.07) is 5.08. The normalized spacial score (nSPS) is 14.9. The average Bonchev–Trinajstić information content (AvgIpc) is 2.63. The lowest BCUT2D eigenvalue weighted by Gasteiger charge is -2.26. The number of amides is 1. The molecule has 134 valence electrons. The van der Waals surface area contributed by atoms with Gasteiger partial charge in [-0.1, -0.05) is 30.3 Å². The zero-order valence-electron chi connectivity index (χ0n) is 14.0. The third kappa shape index (κ3) is 4.16. The topological polar surface area (TPSA) is 64.4 Å². The molecule has 6 nitrogen and oxygen atoms in total. The van der Waals surface area contributed by atoms with Crippen LogP contribution in [0.2, 0.25) is 5.02 Å². The summed E-state index contributed by atoms with van der Waals surface area (Å²) in [7, 11) is 0. The van der Waals surface area contributed by atoms with Gasteiger partial charge in [-0.2, -0.15) is 0 Å². The van der Waals surface area contributed by atoms with Gasteiger partial charge < -0.3 is 9.64 Å². The van der Waals surface area contributed by atoms with Gasteiger partial charge in [0.1, 0.15) is 0 Å². The SMILES string of the molecule is CCCn1c(SCC(=O)N2CCOCC2)nc2cc(Cl)ccc2c1=O. The van der Waals surface area contributed by atoms with Crippen molar-refractivity contribution in [2.24, 2.45) is 0 Å². The fourth-order valence-corrected chi connectivity index (χ4v) is 3.83. The van der Waals surface area contributed by atoms with Gasteiger partial charge in [0.2, 0.25) is 5.91 Å². The second-order valence-electron chi connectivity index (χ2n) is 5.79. The van der Waals surface area contributed by atoms with Crippen molar-refractivity contribution >= 4 is 40.2 Å². The first-order chi connectivity index (χ1) is 12.1. The molecule has 0 unspecified atom stereocenters. The van der Waals surface area contributed by atoms with Crippen molar-refractivity contribution < 1.29 is 9.53 Å². The zero-order valence-corrected chi connectivity index (χ0v) is 15.6. The Bertz CT molecular complexity index is 834. The summed E-state index contributed by atoms with van der Waals surface area (Å²) in [5, 5.41) is 1.64. The van der Waals surface area contributed by atoms with Crippen LogP contribution >= 0.6 is 23.4 Å². The molecule has 0 radical (unpaired) electrons. The molecule has 0 saturated carbocycles. The minimum Gasteiger partial charge on any atom is -0.378 e. The smallest absolute Gasteiger partial charge is 0.262 e. The summed E-state index contributed by atoms with van der Waals surface area (Å²) in [6.45, 7) is 4.95. The fourth-order valence-electron chi connectivity index (χ4n) is 2.74. The predicted octanol–water partition coefficient (Wildman–Crippen LogP) is 2.41. The van der Waals surface area contributed by atoms with Gasteiger partial charge in [0, 0.05) is 24.7 Å². The monoisotopic (exact) mass is 381 g/mol. The highest BCUT2D eigenvalue weighted by atomic mass is 35.5. The van der Waals surface area contributed by atoms with E-state index in [0.717, 1.165) is 6.42 Å². The van der Waals surface area contributed by atoms with E-state index in [0.29, 0.717) is 53.9 Å². The molecule has 0 bridgehead atoms. The van der Waals surface area contributed by atoms with Gasteiger partial charge in [0.05, 0.1) is 29.9 Å². The van der Waals surface area contributed by atoms with Crippen molar-refractivity contribution in [1.82, 2.24) is 14.5 Å². The quantitative estimate of drug-likeness (QED) is 0.587. The second-order valence-corrected chi connectivity index (χ2v) is 7.17. The highest BCUT2D eigenvalue weighted by Crippen LogP contribution is 2.21. The second kappa shape index (κ2) is 8.21. The number of hydrogen-bond donors (Lipinski definition) is 0. The van der Waals surface area contributed by atoms with Crippen molar-refractivity contribution in [3.8, 4) is 0 Å². The van der Waals surface area contributed by atoms with Gasteiger partial charge >= 0.3 is 0 Å². The number of benzene rings is 1. The predicted molar refractivity (Wildman–Crippen MR) is 99.4 cm³/mol. The van der Waals surface area contributed by atoms with E-state index in [1.54, 1.807) is 27.7 Å². The van der Waals surface area contributed by atoms with Gasteiger partial charge in [0.25, 0.3) is 5.56 Å². The van der Waals surface area contributed by atoms with Gasteiger partial charge in [0.15, 0.2) is 5.16 Å². The van der Waals surface area contributed by atoms with Crippen LogP contribution in [0.3, 0.4) is 0 Å². The standard InChI is InChI=1S/C17H20ClN3O3S/c1-2-5-21-16(23)13-4-3-12(18)10-14(13)19-17(21)25-11-15(22)20-6-8-24-9-7-20/h3-4,10H,2,5-9,11H2,1H3. The molecular weight excluding hydrogens is 362 g/mol. The fraction of sp³-hybridized carbons (Fsp3) is 0.471. The van der Waals surface area contributed by atoms with Crippen LogP contribution in [0.1, 0.15) is 13.3 Å². The van der Waals surface area contributed by atoms with E-state index in [4.69, 9.17) is 16.3 Å². The molecule has 3 rings (SSSR count). The maximum atomic E-state index is 12.8. The Morgan fingerprint density at radius 2 is 2.12 bits per heavy atom. The molecule has 0 aliphatic carbocycles. The maximum absolute atomic E-state index is 12.8. The number of ether oxygens (including phenoxy) is 1. The molecule has 1 fully saturated rings. The lowest BCUT2D eigenvalue weighted by Crippen LogP contribution is -2.41. The van der Waals surface area contributed by atoms with E-state index in [-0.39, 0.29) is 17.2 Å². The molecule has 8 heteroatoms. The van der Waals surface area contributed by atoms with E-state index in [9.17, 15) is 9.59 Å². The largest absolute Gasteiger partial charge is 0.378 e. The van der Waals surface area contributed by atoms with E-state index in [1.165, 1.54) is 11.8 Å². The van der Waals surface area contributed by atoms with Crippen molar-refractivity contribution in [3.05, 3.63) is 33.6 Å². The van der Waals surface area contributed by atoms with Crippen molar-refractivity contribution in [3.63, 3.8) is 0 Å². The summed E-state index contributed by atoms with van der Waals surface area (Å²) in [5.41, 5.74) is 0.469. The number of morpholine rings is 1. The Balaban J connectivity index is 1.87. The summed E-state index contributed by atoms with van der Waals surface area (Å²) < 4.78 is 6.91. The van der Waals surface area contributed by atoms with Crippen LogP contribution in [0, 0.1) is 0 Å². The van der Waals surface area contributed by atoms with Crippen molar-refractivity contribution in [2.75, 3.05) is 32.1 Å². The Hall–Kier alpha value is -1.57. The van der Waals surface area contributed by atoms with Crippen molar-refractivity contribution in [2.45, 2.75) is 25.0 Å². The number of rotatable bonds is 5. The third-order valence-electron chi connectivity index (χ3n) is 4.02. The summed E-state index contributed by atoms with van der Waals surface area (Å²) in [6.07, 6.45) is 0.811. The van der Waals surface area contributed by atoms with E-state index < -0.39 is 0 Å². The van der Waals surface area contributed by atoms with Gasteiger partial charge in [-0.15, -0.1) is 0 Å². The molecule has 1 aromatic carbocycles. The van der Waals surface area contributed by atoms with Crippen LogP contribution in [0.4, 0.5) is 0 Å². The van der Waals surface area contributed by atoms with Crippen LogP contribution in [-0.4, -0.2) is 52.4 Å². The molecule has 1 saturated heterocycles. The molecule has 1 aliphatic rings. The van der Waals surface area contributed by atoms with E-state index in [2.05, 4.69) is 4.98 Å². The number of carbonyl (C=O) groups is 1. The van der Waals surface area contributed by atoms with Crippen LogP contribution in [0.15, 0.2) is 28.2 Å². The van der Waals surface area contributed by atoms with Gasteiger partial charge in [-0.05, 0) is 24.6 Å². The lowest BCUT2D eigenvalue weighted by atomic mass is 10.2. The maximum Gasteiger partial charge on any atom is 0.262 e. The van der Waals surface area contributed by atoms with Crippen LogP contribution in [0.25, 0.3) is 10.9 Å². The highest BCUT2D eigenvalue weighted by Gasteiger charge is 2.19. The number of nitrogens with zero attached hydrogens (tertiary/aromatic N) is 3. The number of aromatic nitrogens is 2. The van der Waals surface area contributed by atoms with Crippen LogP contribution in [0.5, 0.6) is 0 Å². The van der Waals surface area contributed by atoms with E-state index in [1.807, 2.05) is 6.92 Å². The molecule has 25 heavy (non-hydrogen) atoms. The number of fused-ring (bicyclic) bond motifs is 1. The first-order valence-corrected chi connectivity index (χ1v) is 9.65. The van der Waals surface area contributed by atoms with Gasteiger partial charge in [-0.25, -0.2) is 4.98 Å². The Labute approximate surface area is 155 Å². The van der Waals surface area contributed by atoms with Crippen LogP contribution < -0.4 is 5.56 Å². The molecule has 1 aromatic heterocycles. The molecule has 1 amide bonds. The molecule has 2 heterocycles. The molecule has 2 aromatic rings. The minimum absolute atomic E-state index is 0.0387. The number of hydrogen-bond acceptors (Lipinski definition) is 5. The molecule has 0 N–H and O–H groups in total. The van der Waals surface area contributed by atoms with Crippen molar-refractivity contribution in [1.29, 1.82) is 0 Å². The summed E-state index contributed by atoms with van der Waals surface area (Å²) >= 11 is 7.33. The Kier molecular flexibility index (Phi) is 5.98. The zero-order chi connectivity index (χ0) is 17.8. The first kappa shape index (κ1) is 18.2. The molecule has 1 aliphatic heterocycles. The molecule has 0 spiro atoms. The Morgan fingerprint density at radius 3 is 2.84 bits per heavy atom. The highest BCUT2D eigenvalue weighted by molar-refractivity contribution is 7.99. The molecular formula is C17H20ClN3O3S. The summed E-state index contributed by atoms with van der Waals surface area (Å²) in [4.78, 5) is 31.5. The van der Waals surface area contributed by atoms with Crippen LogP contribution in [-0.2, 0) is 16.1 Å². The average molecular weight is 382 g/mol. The van der Waals surface area contributed by atoms with Gasteiger partial charge in [-0.3, -0.25) is 14.2 Å². The number of halogens is 1. The summed E-state index contributed by atoms with van der Waals surface area (Å²) in [5.74, 6) is 0.291. The van der Waals surface area contributed by atoms with E-state index >= 15 is 0 Å². The Morgan fingerprint density at radius 1 is 1.36 bits per heavy atom. The third-order valence-corrected chi connectivity index (χ3v) is 5.21. The minimum atomic E-state index is -0.0927. The molecule has 0 atom stereocenters. The first-order valence-electron chi connectivity index (χ1n) is 8.28. The number of carbonyl (C=O) groups excluding carboxylic acids is 1. The lowest BCUT2D eigenvalue weighted by molar-refractivity contribution is -0.132.